The summed E-state index contributed by atoms with van der Waals surface area (Å²) < 4.78 is 0. The second kappa shape index (κ2) is 3.77. The number of aliphatic carboxylic acids is 1. The Kier molecular flexibility index (Phi) is 2.37. The minimum absolute atomic E-state index is 0.0958. The fraction of sp³-hybridized carbons (Fsp3) is 0.308. The highest BCUT2D eigenvalue weighted by atomic mass is 35.5. The SMILES string of the molecule is O=C(O)[C@@H]1Nc2ccc(Cl)cc2[C@H]2C=CC[C@H]21. The first-order chi connectivity index (χ1) is 8.16. The van der Waals surface area contributed by atoms with Crippen molar-refractivity contribution >= 4 is 23.3 Å². The molecule has 0 amide bonds. The molecular weight excluding hydrogens is 238 g/mol. The fourth-order valence-corrected chi connectivity index (χ4v) is 2.99. The van der Waals surface area contributed by atoms with Gasteiger partial charge in [-0.15, -0.1) is 0 Å². The summed E-state index contributed by atoms with van der Waals surface area (Å²) in [5.74, 6) is -0.520. The summed E-state index contributed by atoms with van der Waals surface area (Å²) >= 11 is 6.00. The van der Waals surface area contributed by atoms with Gasteiger partial charge in [-0.05, 0) is 30.2 Å². The van der Waals surface area contributed by atoms with Gasteiger partial charge in [0.05, 0.1) is 0 Å². The van der Waals surface area contributed by atoms with Gasteiger partial charge in [-0.1, -0.05) is 23.8 Å². The van der Waals surface area contributed by atoms with Gasteiger partial charge in [0.25, 0.3) is 0 Å². The van der Waals surface area contributed by atoms with Crippen LogP contribution in [-0.2, 0) is 4.79 Å². The van der Waals surface area contributed by atoms with Crippen molar-refractivity contribution in [1.82, 2.24) is 0 Å². The molecule has 0 saturated carbocycles. The second-order valence-corrected chi connectivity index (χ2v) is 4.98. The highest BCUT2D eigenvalue weighted by Gasteiger charge is 2.40. The molecule has 2 aliphatic rings. The number of fused-ring (bicyclic) bond motifs is 3. The average Bonchev–Trinajstić information content (AvgIpc) is 2.76. The predicted molar refractivity (Wildman–Crippen MR) is 66.5 cm³/mol. The number of anilines is 1. The number of rotatable bonds is 1. The zero-order valence-electron chi connectivity index (χ0n) is 9.06. The van der Waals surface area contributed by atoms with Gasteiger partial charge in [0.1, 0.15) is 6.04 Å². The van der Waals surface area contributed by atoms with Crippen molar-refractivity contribution in [1.29, 1.82) is 0 Å². The minimum Gasteiger partial charge on any atom is -0.480 e. The van der Waals surface area contributed by atoms with Crippen LogP contribution in [0.3, 0.4) is 0 Å². The lowest BCUT2D eigenvalue weighted by Gasteiger charge is -2.34. The molecular formula is C13H12ClNO2. The Morgan fingerprint density at radius 1 is 1.47 bits per heavy atom. The van der Waals surface area contributed by atoms with E-state index in [4.69, 9.17) is 11.6 Å². The Balaban J connectivity index is 2.09. The summed E-state index contributed by atoms with van der Waals surface area (Å²) in [4.78, 5) is 11.3. The molecule has 3 atom stereocenters. The highest BCUT2D eigenvalue weighted by Crippen LogP contribution is 2.45. The van der Waals surface area contributed by atoms with Crippen LogP contribution in [0.1, 0.15) is 17.9 Å². The Morgan fingerprint density at radius 3 is 3.06 bits per heavy atom. The monoisotopic (exact) mass is 249 g/mol. The van der Waals surface area contributed by atoms with Crippen molar-refractivity contribution in [2.75, 3.05) is 5.32 Å². The number of halogens is 1. The molecule has 0 unspecified atom stereocenters. The Labute approximate surface area is 104 Å². The number of benzene rings is 1. The van der Waals surface area contributed by atoms with Crippen LogP contribution >= 0.6 is 11.6 Å². The summed E-state index contributed by atoms with van der Waals surface area (Å²) in [7, 11) is 0. The van der Waals surface area contributed by atoms with Crippen molar-refractivity contribution in [2.45, 2.75) is 18.4 Å². The van der Waals surface area contributed by atoms with Crippen LogP contribution in [-0.4, -0.2) is 17.1 Å². The summed E-state index contributed by atoms with van der Waals surface area (Å²) in [6.45, 7) is 0. The molecule has 0 radical (unpaired) electrons. The molecule has 1 aromatic rings. The molecule has 3 nitrogen and oxygen atoms in total. The first kappa shape index (κ1) is 10.7. The summed E-state index contributed by atoms with van der Waals surface area (Å²) in [6, 6.07) is 5.06. The van der Waals surface area contributed by atoms with E-state index < -0.39 is 12.0 Å². The van der Waals surface area contributed by atoms with Gasteiger partial charge in [0.2, 0.25) is 0 Å². The van der Waals surface area contributed by atoms with E-state index in [2.05, 4.69) is 17.5 Å². The van der Waals surface area contributed by atoms with E-state index >= 15 is 0 Å². The van der Waals surface area contributed by atoms with E-state index in [9.17, 15) is 9.90 Å². The van der Waals surface area contributed by atoms with Crippen LogP contribution in [0.4, 0.5) is 5.69 Å². The number of nitrogens with one attached hydrogen (secondary N) is 1. The molecule has 0 saturated heterocycles. The van der Waals surface area contributed by atoms with Crippen molar-refractivity contribution in [3.05, 3.63) is 40.9 Å². The lowest BCUT2D eigenvalue weighted by atomic mass is 9.79. The van der Waals surface area contributed by atoms with E-state index in [1.54, 1.807) is 6.07 Å². The van der Waals surface area contributed by atoms with Gasteiger partial charge in [0.15, 0.2) is 0 Å². The van der Waals surface area contributed by atoms with Crippen LogP contribution in [0.2, 0.25) is 5.02 Å². The van der Waals surface area contributed by atoms with Gasteiger partial charge < -0.3 is 10.4 Å². The van der Waals surface area contributed by atoms with Gasteiger partial charge in [-0.25, -0.2) is 4.79 Å². The number of carbonyl (C=O) groups is 1. The standard InChI is InChI=1S/C13H12ClNO2/c14-7-4-5-11-10(6-7)8-2-1-3-9(8)12(15-11)13(16)17/h1-2,4-6,8-9,12,15H,3H2,(H,16,17)/t8-,9+,12+/m0/s1. The molecule has 17 heavy (non-hydrogen) atoms. The lowest BCUT2D eigenvalue weighted by molar-refractivity contribution is -0.139. The van der Waals surface area contributed by atoms with E-state index in [1.165, 1.54) is 0 Å². The Morgan fingerprint density at radius 2 is 2.29 bits per heavy atom. The molecule has 1 heterocycles. The zero-order chi connectivity index (χ0) is 12.0. The normalized spacial score (nSPS) is 29.4. The van der Waals surface area contributed by atoms with E-state index in [1.807, 2.05) is 12.1 Å². The minimum atomic E-state index is -0.788. The molecule has 4 heteroatoms. The average molecular weight is 250 g/mol. The van der Waals surface area contributed by atoms with Crippen molar-refractivity contribution in [3.63, 3.8) is 0 Å². The molecule has 0 spiro atoms. The molecule has 0 bridgehead atoms. The maximum absolute atomic E-state index is 11.3. The lowest BCUT2D eigenvalue weighted by Crippen LogP contribution is -2.41. The van der Waals surface area contributed by atoms with Crippen molar-refractivity contribution in [3.8, 4) is 0 Å². The number of hydrogen-bond acceptors (Lipinski definition) is 2. The van der Waals surface area contributed by atoms with Gasteiger partial charge in [-0.3, -0.25) is 0 Å². The number of allylic oxidation sites excluding steroid dienone is 2. The molecule has 2 N–H and O–H groups in total. The summed E-state index contributed by atoms with van der Waals surface area (Å²) in [5, 5.41) is 13.0. The van der Waals surface area contributed by atoms with Crippen LogP contribution in [0.25, 0.3) is 0 Å². The third-order valence-electron chi connectivity index (χ3n) is 3.59. The summed E-state index contributed by atoms with van der Waals surface area (Å²) in [6.07, 6.45) is 4.96. The topological polar surface area (TPSA) is 49.3 Å². The van der Waals surface area contributed by atoms with Crippen LogP contribution in [0, 0.1) is 5.92 Å². The molecule has 1 aromatic carbocycles. The molecule has 0 aromatic heterocycles. The van der Waals surface area contributed by atoms with E-state index in [0.717, 1.165) is 17.7 Å². The Bertz CT molecular complexity index is 512. The quantitative estimate of drug-likeness (QED) is 0.753. The van der Waals surface area contributed by atoms with Crippen LogP contribution in [0.15, 0.2) is 30.4 Å². The molecule has 0 fully saturated rings. The largest absolute Gasteiger partial charge is 0.480 e. The number of carboxylic acids is 1. The van der Waals surface area contributed by atoms with E-state index in [0.29, 0.717) is 5.02 Å². The fourth-order valence-electron chi connectivity index (χ4n) is 2.81. The van der Waals surface area contributed by atoms with Crippen molar-refractivity contribution in [2.24, 2.45) is 5.92 Å². The molecule has 1 aliphatic carbocycles. The maximum Gasteiger partial charge on any atom is 0.326 e. The van der Waals surface area contributed by atoms with Crippen molar-refractivity contribution < 1.29 is 9.90 Å². The third kappa shape index (κ3) is 1.62. The van der Waals surface area contributed by atoms with Gasteiger partial charge in [-0.2, -0.15) is 0 Å². The smallest absolute Gasteiger partial charge is 0.326 e. The number of hydrogen-bond donors (Lipinski definition) is 2. The van der Waals surface area contributed by atoms with Crippen LogP contribution < -0.4 is 5.32 Å². The van der Waals surface area contributed by atoms with Gasteiger partial charge in [0, 0.05) is 22.5 Å². The van der Waals surface area contributed by atoms with Gasteiger partial charge >= 0.3 is 5.97 Å². The number of carboxylic acid groups (broad SMARTS) is 1. The third-order valence-corrected chi connectivity index (χ3v) is 3.83. The Hall–Kier alpha value is -1.48. The highest BCUT2D eigenvalue weighted by molar-refractivity contribution is 6.30. The second-order valence-electron chi connectivity index (χ2n) is 4.55. The maximum atomic E-state index is 11.3. The molecule has 1 aliphatic heterocycles. The van der Waals surface area contributed by atoms with E-state index in [-0.39, 0.29) is 11.8 Å². The molecule has 88 valence electrons. The summed E-state index contributed by atoms with van der Waals surface area (Å²) in [5.41, 5.74) is 1.99. The first-order valence-electron chi connectivity index (χ1n) is 5.62. The first-order valence-corrected chi connectivity index (χ1v) is 6.00. The molecule has 3 rings (SSSR count). The zero-order valence-corrected chi connectivity index (χ0v) is 9.82. The van der Waals surface area contributed by atoms with Crippen LogP contribution in [0.5, 0.6) is 0 Å². The predicted octanol–water partition coefficient (Wildman–Crippen LogP) is 2.88.